The minimum atomic E-state index is -4.76. The van der Waals surface area contributed by atoms with Crippen molar-refractivity contribution in [3.63, 3.8) is 0 Å². The lowest BCUT2D eigenvalue weighted by Gasteiger charge is -2.20. The molecule has 3 atom stereocenters. The number of unbranched alkanes of at least 4 members (excludes halogenated alkanes) is 14. The lowest BCUT2D eigenvalue weighted by atomic mass is 10.1. The third-order valence-corrected chi connectivity index (χ3v) is 9.67. The molecule has 0 fully saturated rings. The number of carboxylic acid groups (broad SMARTS) is 1. The molecule has 4 N–H and O–H groups in total. The van der Waals surface area contributed by atoms with Crippen LogP contribution in [0.4, 0.5) is 0 Å². The molecule has 0 aliphatic carbocycles. The number of phosphoric ester groups is 1. The molecule has 0 saturated carbocycles. The highest BCUT2D eigenvalue weighted by molar-refractivity contribution is 7.47. The molecular weight excluding hydrogens is 749 g/mol. The van der Waals surface area contributed by atoms with Crippen LogP contribution in [0.1, 0.15) is 162 Å². The van der Waals surface area contributed by atoms with Crippen LogP contribution >= 0.6 is 7.82 Å². The van der Waals surface area contributed by atoms with Crippen molar-refractivity contribution in [2.75, 3.05) is 19.8 Å². The molecule has 0 amide bonds. The van der Waals surface area contributed by atoms with Crippen molar-refractivity contribution in [1.82, 2.24) is 0 Å². The van der Waals surface area contributed by atoms with Crippen LogP contribution in [-0.4, -0.2) is 65.7 Å². The van der Waals surface area contributed by atoms with E-state index >= 15 is 0 Å². The van der Waals surface area contributed by atoms with Gasteiger partial charge >= 0.3 is 25.7 Å². The van der Waals surface area contributed by atoms with Gasteiger partial charge in [0.15, 0.2) is 11.9 Å². The van der Waals surface area contributed by atoms with Gasteiger partial charge < -0.3 is 25.2 Å². The lowest BCUT2D eigenvalue weighted by Crippen LogP contribution is -2.34. The summed E-state index contributed by atoms with van der Waals surface area (Å²) in [6.45, 7) is 2.55. The van der Waals surface area contributed by atoms with E-state index in [1.807, 2.05) is 18.2 Å². The highest BCUT2D eigenvalue weighted by Gasteiger charge is 2.28. The summed E-state index contributed by atoms with van der Waals surface area (Å²) in [5.41, 5.74) is 5.32. The summed E-state index contributed by atoms with van der Waals surface area (Å²) in [5.74, 6) is -2.48. The molecule has 0 radical (unpaired) electrons. The number of allylic oxidation sites excluding steroid dienone is 10. The number of carbonyl (C=O) groups is 4. The van der Waals surface area contributed by atoms with Gasteiger partial charge in [0.25, 0.3) is 0 Å². The van der Waals surface area contributed by atoms with E-state index in [1.165, 1.54) is 51.4 Å². The minimum absolute atomic E-state index is 0.0644. The van der Waals surface area contributed by atoms with E-state index in [0.717, 1.165) is 57.8 Å². The molecule has 0 rings (SSSR count). The number of hydrogen-bond acceptors (Lipinski definition) is 10. The number of hydrogen-bond donors (Lipinski definition) is 3. The second-order valence-corrected chi connectivity index (χ2v) is 15.6. The predicted octanol–water partition coefficient (Wildman–Crippen LogP) is 10.3. The van der Waals surface area contributed by atoms with Crippen molar-refractivity contribution in [2.45, 2.75) is 174 Å². The van der Waals surface area contributed by atoms with Gasteiger partial charge in [0.05, 0.1) is 13.2 Å². The van der Waals surface area contributed by atoms with E-state index in [2.05, 4.69) is 48.8 Å². The van der Waals surface area contributed by atoms with Crippen molar-refractivity contribution >= 4 is 31.5 Å². The smallest absolute Gasteiger partial charge is 0.472 e. The maximum Gasteiger partial charge on any atom is 0.472 e. The standard InChI is InChI=1S/C44H74NO11P/c1-3-5-7-9-11-12-13-14-15-16-17-18-19-20-22-26-30-34-42(47)53-36-40(37-54-57(51,52)55-38-41(45)44(49)50)56-43(48)35-31-27-23-25-29-33-39(46)32-28-24-21-10-8-6-4-2/h14-15,17-18,20-22,24,28,32,40-41H,3-13,16,19,23,25-27,29-31,33-38,45H2,1-2H3,(H,49,50)(H,51,52)/b15-14-,18-17-,22-20-,24-21-,32-28+/t40-,41+/m1/s1. The van der Waals surface area contributed by atoms with Gasteiger partial charge in [-0.15, -0.1) is 0 Å². The maximum atomic E-state index is 12.6. The second kappa shape index (κ2) is 38.4. The highest BCUT2D eigenvalue weighted by Crippen LogP contribution is 2.43. The molecule has 12 nitrogen and oxygen atoms in total. The molecule has 1 unspecified atom stereocenters. The van der Waals surface area contributed by atoms with Crippen molar-refractivity contribution in [1.29, 1.82) is 0 Å². The Morgan fingerprint density at radius 2 is 1.11 bits per heavy atom. The minimum Gasteiger partial charge on any atom is -0.480 e. The number of ketones is 1. The van der Waals surface area contributed by atoms with Crippen LogP contribution in [0.15, 0.2) is 60.8 Å². The van der Waals surface area contributed by atoms with Gasteiger partial charge in [0, 0.05) is 19.3 Å². The second-order valence-electron chi connectivity index (χ2n) is 14.2. The molecule has 0 aliphatic heterocycles. The van der Waals surface area contributed by atoms with Gasteiger partial charge in [0.1, 0.15) is 12.6 Å². The van der Waals surface area contributed by atoms with Crippen LogP contribution in [0.5, 0.6) is 0 Å². The topological polar surface area (TPSA) is 189 Å². The Hall–Kier alpha value is -3.15. The third-order valence-electron chi connectivity index (χ3n) is 8.71. The van der Waals surface area contributed by atoms with Crippen LogP contribution < -0.4 is 5.73 Å². The fourth-order valence-electron chi connectivity index (χ4n) is 5.30. The summed E-state index contributed by atoms with van der Waals surface area (Å²) in [5, 5.41) is 8.88. The number of esters is 2. The first-order chi connectivity index (χ1) is 27.5. The van der Waals surface area contributed by atoms with E-state index in [-0.39, 0.29) is 18.6 Å². The summed E-state index contributed by atoms with van der Waals surface area (Å²) < 4.78 is 32.5. The van der Waals surface area contributed by atoms with E-state index < -0.39 is 57.7 Å². The lowest BCUT2D eigenvalue weighted by molar-refractivity contribution is -0.161. The molecule has 0 aliphatic rings. The predicted molar refractivity (Wildman–Crippen MR) is 226 cm³/mol. The zero-order valence-electron chi connectivity index (χ0n) is 34.9. The summed E-state index contributed by atoms with van der Waals surface area (Å²) in [6, 6.07) is -1.55. The first-order valence-corrected chi connectivity index (χ1v) is 22.8. The Labute approximate surface area is 343 Å². The van der Waals surface area contributed by atoms with Gasteiger partial charge in [-0.25, -0.2) is 4.57 Å². The van der Waals surface area contributed by atoms with E-state index in [1.54, 1.807) is 12.2 Å². The normalized spacial score (nSPS) is 14.2. The van der Waals surface area contributed by atoms with Crippen LogP contribution in [0.25, 0.3) is 0 Å². The van der Waals surface area contributed by atoms with Crippen molar-refractivity contribution in [2.24, 2.45) is 5.73 Å². The number of aliphatic carboxylic acids is 1. The van der Waals surface area contributed by atoms with Crippen molar-refractivity contribution in [3.05, 3.63) is 60.8 Å². The van der Waals surface area contributed by atoms with Crippen LogP contribution in [0.2, 0.25) is 0 Å². The summed E-state index contributed by atoms with van der Waals surface area (Å²) in [4.78, 5) is 57.9. The van der Waals surface area contributed by atoms with Gasteiger partial charge in [-0.05, 0) is 70.3 Å². The Morgan fingerprint density at radius 3 is 1.77 bits per heavy atom. The molecule has 0 heterocycles. The Morgan fingerprint density at radius 1 is 0.596 bits per heavy atom. The molecule has 0 aromatic heterocycles. The first kappa shape index (κ1) is 53.9. The average molecular weight is 824 g/mol. The van der Waals surface area contributed by atoms with Crippen LogP contribution in [-0.2, 0) is 42.3 Å². The zero-order chi connectivity index (χ0) is 42.2. The van der Waals surface area contributed by atoms with Gasteiger partial charge in [-0.3, -0.25) is 28.2 Å². The molecule has 0 bridgehead atoms. The molecular formula is C44H74NO11P. The third kappa shape index (κ3) is 38.2. The number of nitrogens with two attached hydrogens (primary N) is 1. The summed E-state index contributed by atoms with van der Waals surface area (Å²) in [7, 11) is -4.76. The largest absolute Gasteiger partial charge is 0.480 e. The number of phosphoric acid groups is 1. The molecule has 0 spiro atoms. The molecule has 13 heteroatoms. The molecule has 326 valence electrons. The summed E-state index contributed by atoms with van der Waals surface area (Å²) in [6.07, 6.45) is 39.8. The number of carboxylic acids is 1. The fourth-order valence-corrected chi connectivity index (χ4v) is 6.07. The van der Waals surface area contributed by atoms with Gasteiger partial charge in [-0.1, -0.05) is 133 Å². The summed E-state index contributed by atoms with van der Waals surface area (Å²) >= 11 is 0. The van der Waals surface area contributed by atoms with E-state index in [9.17, 15) is 28.6 Å². The Kier molecular flexibility index (Phi) is 36.3. The van der Waals surface area contributed by atoms with Crippen LogP contribution in [0, 0.1) is 0 Å². The fraction of sp³-hybridized carbons (Fsp3) is 0.682. The molecule has 57 heavy (non-hydrogen) atoms. The van der Waals surface area contributed by atoms with Crippen molar-refractivity contribution < 1.29 is 52.3 Å². The monoisotopic (exact) mass is 823 g/mol. The van der Waals surface area contributed by atoms with Crippen LogP contribution in [0.3, 0.4) is 0 Å². The van der Waals surface area contributed by atoms with Crippen molar-refractivity contribution in [3.8, 4) is 0 Å². The first-order valence-electron chi connectivity index (χ1n) is 21.3. The average Bonchev–Trinajstić information content (AvgIpc) is 3.18. The molecule has 0 aromatic rings. The van der Waals surface area contributed by atoms with Gasteiger partial charge in [0.2, 0.25) is 0 Å². The number of carbonyl (C=O) groups excluding carboxylic acids is 3. The highest BCUT2D eigenvalue weighted by atomic mass is 31.2. The Bertz CT molecular complexity index is 1260. The molecule has 0 saturated heterocycles. The van der Waals surface area contributed by atoms with E-state index in [4.69, 9.17) is 24.8 Å². The number of rotatable bonds is 39. The Balaban J connectivity index is 4.56. The quantitative estimate of drug-likeness (QED) is 0.0133. The zero-order valence-corrected chi connectivity index (χ0v) is 35.8. The van der Waals surface area contributed by atoms with Gasteiger partial charge in [-0.2, -0.15) is 0 Å². The molecule has 0 aromatic carbocycles. The number of ether oxygens (including phenoxy) is 2. The SMILES string of the molecule is CCCCC/C=C\C=C\C(=O)CCCCCCCC(=O)O[C@H](COC(=O)CCC/C=C\C/C=C\C/C=C\CCCCCCCC)COP(=O)(O)OC[C@H](N)C(=O)O. The maximum absolute atomic E-state index is 12.6. The van der Waals surface area contributed by atoms with E-state index in [0.29, 0.717) is 25.7 Å².